The van der Waals surface area contributed by atoms with E-state index >= 15 is 0 Å². The third-order valence-corrected chi connectivity index (χ3v) is 6.36. The summed E-state index contributed by atoms with van der Waals surface area (Å²) in [6.45, 7) is 3.77. The number of hydrogen-bond acceptors (Lipinski definition) is 4. The number of rotatable bonds is 3. The summed E-state index contributed by atoms with van der Waals surface area (Å²) in [5.74, 6) is 3.18. The highest BCUT2D eigenvalue weighted by molar-refractivity contribution is 5.76. The van der Waals surface area contributed by atoms with E-state index in [2.05, 4.69) is 20.9 Å². The summed E-state index contributed by atoms with van der Waals surface area (Å²) in [6, 6.07) is 5.85. The molecule has 0 N–H and O–H groups in total. The summed E-state index contributed by atoms with van der Waals surface area (Å²) in [5, 5.41) is 9.24. The average Bonchev–Trinajstić information content (AvgIpc) is 3.24. The van der Waals surface area contributed by atoms with Crippen LogP contribution in [0.15, 0.2) is 18.3 Å². The standard InChI is InChI=1S/C20H26N4O/c21-12-16-5-2-8-22-20(16)23-9-6-15(7-10-23)11-19(25)24-13-17-3-1-4-18(17)14-24/h2,5,8,15,17-18H,1,3-4,6-7,9-11,13-14H2. The smallest absolute Gasteiger partial charge is 0.222 e. The Bertz CT molecular complexity index is 663. The van der Waals surface area contributed by atoms with E-state index in [1.54, 1.807) is 12.3 Å². The molecule has 2 saturated heterocycles. The van der Waals surface area contributed by atoms with Gasteiger partial charge in [0, 0.05) is 38.8 Å². The van der Waals surface area contributed by atoms with Gasteiger partial charge in [-0.05, 0) is 55.6 Å². The van der Waals surface area contributed by atoms with E-state index < -0.39 is 0 Å². The summed E-state index contributed by atoms with van der Waals surface area (Å²) in [5.41, 5.74) is 0.639. The Morgan fingerprint density at radius 1 is 1.20 bits per heavy atom. The molecule has 5 heteroatoms. The van der Waals surface area contributed by atoms with E-state index in [4.69, 9.17) is 0 Å². The Labute approximate surface area is 149 Å². The number of amides is 1. The molecule has 2 aliphatic heterocycles. The quantitative estimate of drug-likeness (QED) is 0.850. The fourth-order valence-electron chi connectivity index (χ4n) is 4.90. The van der Waals surface area contributed by atoms with Gasteiger partial charge in [-0.15, -0.1) is 0 Å². The van der Waals surface area contributed by atoms with E-state index in [0.717, 1.165) is 56.7 Å². The molecular weight excluding hydrogens is 312 g/mol. The molecule has 132 valence electrons. The van der Waals surface area contributed by atoms with E-state index in [9.17, 15) is 10.1 Å². The van der Waals surface area contributed by atoms with Crippen LogP contribution in [0.25, 0.3) is 0 Å². The first-order valence-corrected chi connectivity index (χ1v) is 9.62. The Balaban J connectivity index is 1.29. The van der Waals surface area contributed by atoms with Gasteiger partial charge < -0.3 is 9.80 Å². The van der Waals surface area contributed by atoms with E-state index in [1.165, 1.54) is 19.3 Å². The van der Waals surface area contributed by atoms with Crippen LogP contribution in [0.3, 0.4) is 0 Å². The predicted octanol–water partition coefficient (Wildman–Crippen LogP) is 2.82. The molecule has 2 atom stereocenters. The zero-order chi connectivity index (χ0) is 17.2. The number of nitrogens with zero attached hydrogens (tertiary/aromatic N) is 4. The Morgan fingerprint density at radius 3 is 2.60 bits per heavy atom. The highest BCUT2D eigenvalue weighted by atomic mass is 16.2. The van der Waals surface area contributed by atoms with Crippen molar-refractivity contribution < 1.29 is 4.79 Å². The molecule has 2 unspecified atom stereocenters. The van der Waals surface area contributed by atoms with Gasteiger partial charge in [0.2, 0.25) is 5.91 Å². The van der Waals surface area contributed by atoms with Crippen molar-refractivity contribution in [1.82, 2.24) is 9.88 Å². The van der Waals surface area contributed by atoms with Gasteiger partial charge in [-0.25, -0.2) is 4.98 Å². The first kappa shape index (κ1) is 16.4. The predicted molar refractivity (Wildman–Crippen MR) is 95.9 cm³/mol. The number of likely N-dealkylation sites (tertiary alicyclic amines) is 1. The molecule has 1 amide bonds. The molecule has 25 heavy (non-hydrogen) atoms. The van der Waals surface area contributed by atoms with Crippen LogP contribution in [0, 0.1) is 29.1 Å². The number of hydrogen-bond donors (Lipinski definition) is 0. The molecule has 0 bridgehead atoms. The van der Waals surface area contributed by atoms with Crippen molar-refractivity contribution in [1.29, 1.82) is 5.26 Å². The summed E-state index contributed by atoms with van der Waals surface area (Å²) < 4.78 is 0. The number of carbonyl (C=O) groups is 1. The molecule has 1 aliphatic carbocycles. The number of piperidine rings is 1. The minimum atomic E-state index is 0.364. The van der Waals surface area contributed by atoms with Gasteiger partial charge >= 0.3 is 0 Å². The average molecular weight is 338 g/mol. The van der Waals surface area contributed by atoms with Crippen LogP contribution in [-0.2, 0) is 4.79 Å². The largest absolute Gasteiger partial charge is 0.356 e. The molecule has 3 heterocycles. The lowest BCUT2D eigenvalue weighted by Crippen LogP contribution is -2.37. The van der Waals surface area contributed by atoms with Crippen LogP contribution in [0.2, 0.25) is 0 Å². The van der Waals surface area contributed by atoms with Crippen LogP contribution >= 0.6 is 0 Å². The molecule has 1 aromatic heterocycles. The van der Waals surface area contributed by atoms with Gasteiger partial charge in [0.25, 0.3) is 0 Å². The Hall–Kier alpha value is -2.09. The monoisotopic (exact) mass is 338 g/mol. The maximum Gasteiger partial charge on any atom is 0.222 e. The van der Waals surface area contributed by atoms with E-state index in [-0.39, 0.29) is 0 Å². The van der Waals surface area contributed by atoms with Crippen LogP contribution in [0.1, 0.15) is 44.1 Å². The third kappa shape index (κ3) is 3.35. The van der Waals surface area contributed by atoms with Crippen LogP contribution in [0.5, 0.6) is 0 Å². The van der Waals surface area contributed by atoms with E-state index in [0.29, 0.717) is 23.8 Å². The maximum absolute atomic E-state index is 12.7. The van der Waals surface area contributed by atoms with Crippen molar-refractivity contribution in [3.8, 4) is 6.07 Å². The first-order valence-electron chi connectivity index (χ1n) is 9.62. The number of anilines is 1. The van der Waals surface area contributed by atoms with Crippen molar-refractivity contribution in [3.63, 3.8) is 0 Å². The lowest BCUT2D eigenvalue weighted by Gasteiger charge is -2.33. The Morgan fingerprint density at radius 2 is 1.92 bits per heavy atom. The lowest BCUT2D eigenvalue weighted by atomic mass is 9.92. The van der Waals surface area contributed by atoms with Crippen LogP contribution < -0.4 is 4.90 Å². The second-order valence-corrected chi connectivity index (χ2v) is 7.87. The molecule has 0 aromatic carbocycles. The van der Waals surface area contributed by atoms with E-state index in [1.807, 2.05) is 6.07 Å². The summed E-state index contributed by atoms with van der Waals surface area (Å²) in [4.78, 5) is 21.4. The summed E-state index contributed by atoms with van der Waals surface area (Å²) in [7, 11) is 0. The number of aromatic nitrogens is 1. The number of pyridine rings is 1. The topological polar surface area (TPSA) is 60.2 Å². The van der Waals surface area contributed by atoms with Gasteiger partial charge in [-0.1, -0.05) is 6.42 Å². The lowest BCUT2D eigenvalue weighted by molar-refractivity contribution is -0.131. The first-order chi connectivity index (χ1) is 12.2. The highest BCUT2D eigenvalue weighted by Gasteiger charge is 2.38. The van der Waals surface area contributed by atoms with Crippen molar-refractivity contribution >= 4 is 11.7 Å². The Kier molecular flexibility index (Phi) is 4.61. The molecule has 0 radical (unpaired) electrons. The summed E-state index contributed by atoms with van der Waals surface area (Å²) >= 11 is 0. The van der Waals surface area contributed by atoms with Crippen molar-refractivity contribution in [2.24, 2.45) is 17.8 Å². The minimum Gasteiger partial charge on any atom is -0.356 e. The molecular formula is C20H26N4O. The highest BCUT2D eigenvalue weighted by Crippen LogP contribution is 2.38. The molecule has 4 rings (SSSR count). The van der Waals surface area contributed by atoms with Gasteiger partial charge in [0.05, 0.1) is 5.56 Å². The third-order valence-electron chi connectivity index (χ3n) is 6.36. The van der Waals surface area contributed by atoms with Gasteiger partial charge in [0.1, 0.15) is 11.9 Å². The normalized spacial score (nSPS) is 26.5. The van der Waals surface area contributed by atoms with Crippen LogP contribution in [-0.4, -0.2) is 42.0 Å². The molecule has 3 fully saturated rings. The van der Waals surface area contributed by atoms with Crippen LogP contribution in [0.4, 0.5) is 5.82 Å². The van der Waals surface area contributed by atoms with Crippen molar-refractivity contribution in [3.05, 3.63) is 23.9 Å². The SMILES string of the molecule is N#Cc1cccnc1N1CCC(CC(=O)N2CC3CCCC3C2)CC1. The van der Waals surface area contributed by atoms with Gasteiger partial charge in [0.15, 0.2) is 0 Å². The van der Waals surface area contributed by atoms with Gasteiger partial charge in [-0.2, -0.15) is 5.26 Å². The van der Waals surface area contributed by atoms with Gasteiger partial charge in [-0.3, -0.25) is 4.79 Å². The second kappa shape index (κ2) is 7.03. The summed E-state index contributed by atoms with van der Waals surface area (Å²) in [6.07, 6.45) is 8.45. The molecule has 5 nitrogen and oxygen atoms in total. The molecule has 3 aliphatic rings. The fourth-order valence-corrected chi connectivity index (χ4v) is 4.90. The molecule has 1 saturated carbocycles. The zero-order valence-corrected chi connectivity index (χ0v) is 14.7. The number of carbonyl (C=O) groups excluding carboxylic acids is 1. The molecule has 0 spiro atoms. The van der Waals surface area contributed by atoms with Crippen molar-refractivity contribution in [2.45, 2.75) is 38.5 Å². The number of nitriles is 1. The minimum absolute atomic E-state index is 0.364. The molecule has 1 aromatic rings. The maximum atomic E-state index is 12.7. The number of fused-ring (bicyclic) bond motifs is 1. The van der Waals surface area contributed by atoms with Crippen molar-refractivity contribution in [2.75, 3.05) is 31.1 Å². The second-order valence-electron chi connectivity index (χ2n) is 7.87. The zero-order valence-electron chi connectivity index (χ0n) is 14.7. The fraction of sp³-hybridized carbons (Fsp3) is 0.650.